The van der Waals surface area contributed by atoms with Crippen LogP contribution in [0.3, 0.4) is 0 Å². The van der Waals surface area contributed by atoms with Gasteiger partial charge in [0.25, 0.3) is 0 Å². The van der Waals surface area contributed by atoms with E-state index < -0.39 is 18.2 Å². The molecule has 0 bridgehead atoms. The number of carbonyl (C=O) groups is 1. The van der Waals surface area contributed by atoms with E-state index in [2.05, 4.69) is 4.99 Å². The lowest BCUT2D eigenvalue weighted by atomic mass is 10.0. The van der Waals surface area contributed by atoms with Crippen LogP contribution in [0.25, 0.3) is 0 Å². The molecule has 2 aromatic rings. The van der Waals surface area contributed by atoms with Crippen LogP contribution < -0.4 is 18.9 Å². The van der Waals surface area contributed by atoms with Crippen molar-refractivity contribution in [1.82, 2.24) is 4.90 Å². The molecular formula is C25H29FN2O6. The molecule has 1 saturated heterocycles. The number of halogens is 1. The van der Waals surface area contributed by atoms with Crippen molar-refractivity contribution in [2.45, 2.75) is 25.1 Å². The molecule has 2 aromatic carbocycles. The fraction of sp³-hybridized carbons (Fsp3) is 0.440. The summed E-state index contributed by atoms with van der Waals surface area (Å²) in [5, 5.41) is 11.1. The van der Waals surface area contributed by atoms with Crippen molar-refractivity contribution in [3.05, 3.63) is 48.0 Å². The van der Waals surface area contributed by atoms with Crippen LogP contribution >= 0.6 is 0 Å². The number of amides is 1. The van der Waals surface area contributed by atoms with Gasteiger partial charge in [-0.15, -0.1) is 0 Å². The highest BCUT2D eigenvalue weighted by Crippen LogP contribution is 2.33. The number of likely N-dealkylation sites (tertiary alicyclic amines) is 1. The summed E-state index contributed by atoms with van der Waals surface area (Å²) in [6.07, 6.45) is -1.59. The fourth-order valence-corrected chi connectivity index (χ4v) is 3.91. The van der Waals surface area contributed by atoms with Gasteiger partial charge in [0.05, 0.1) is 25.8 Å². The van der Waals surface area contributed by atoms with Gasteiger partial charge in [-0.2, -0.15) is 0 Å². The number of methoxy groups -OCH3 is 1. The molecule has 0 aliphatic carbocycles. The number of rotatable bonds is 9. The number of alkyl halides is 1. The minimum atomic E-state index is -1.14. The third-order valence-corrected chi connectivity index (χ3v) is 5.71. The van der Waals surface area contributed by atoms with Gasteiger partial charge in [0.15, 0.2) is 11.5 Å². The summed E-state index contributed by atoms with van der Waals surface area (Å²) in [5.41, 5.74) is 0.793. The van der Waals surface area contributed by atoms with Crippen molar-refractivity contribution in [1.29, 1.82) is 0 Å². The van der Waals surface area contributed by atoms with Crippen LogP contribution in [-0.4, -0.2) is 74.4 Å². The Morgan fingerprint density at radius 2 is 1.91 bits per heavy atom. The Morgan fingerprint density at radius 3 is 2.62 bits per heavy atom. The van der Waals surface area contributed by atoms with Crippen LogP contribution in [0.1, 0.15) is 24.5 Å². The highest BCUT2D eigenvalue weighted by molar-refractivity contribution is 6.00. The monoisotopic (exact) mass is 472 g/mol. The fourth-order valence-electron chi connectivity index (χ4n) is 3.91. The molecule has 9 heteroatoms. The first kappa shape index (κ1) is 24.0. The highest BCUT2D eigenvalue weighted by Gasteiger charge is 2.27. The first-order valence-corrected chi connectivity index (χ1v) is 11.3. The number of aliphatic hydroxyl groups is 1. The molecule has 2 aliphatic heterocycles. The Bertz CT molecular complexity index is 1010. The van der Waals surface area contributed by atoms with Crippen LogP contribution in [0.5, 0.6) is 23.0 Å². The van der Waals surface area contributed by atoms with Crippen molar-refractivity contribution in [3.63, 3.8) is 0 Å². The van der Waals surface area contributed by atoms with E-state index in [0.717, 1.165) is 0 Å². The Balaban J connectivity index is 1.43. The molecule has 0 spiro atoms. The van der Waals surface area contributed by atoms with Crippen molar-refractivity contribution in [2.24, 2.45) is 4.99 Å². The first-order chi connectivity index (χ1) is 16.5. The van der Waals surface area contributed by atoms with Gasteiger partial charge in [0.1, 0.15) is 37.0 Å². The maximum absolute atomic E-state index is 13.7. The molecule has 2 atom stereocenters. The normalized spacial score (nSPS) is 19.0. The average molecular weight is 473 g/mol. The minimum absolute atomic E-state index is 0.0368. The zero-order valence-electron chi connectivity index (χ0n) is 19.1. The van der Waals surface area contributed by atoms with Gasteiger partial charge in [-0.1, -0.05) is 6.07 Å². The smallest absolute Gasteiger partial charge is 0.249 e. The summed E-state index contributed by atoms with van der Waals surface area (Å²) in [5.74, 6) is 2.04. The second-order valence-corrected chi connectivity index (χ2v) is 8.20. The van der Waals surface area contributed by atoms with Crippen LogP contribution in [0.15, 0.2) is 47.5 Å². The topological polar surface area (TPSA) is 89.8 Å². The Kier molecular flexibility index (Phi) is 7.97. The molecule has 0 radical (unpaired) electrons. The number of hydrogen-bond acceptors (Lipinski definition) is 7. The van der Waals surface area contributed by atoms with Crippen LogP contribution in [0, 0.1) is 0 Å². The second-order valence-electron chi connectivity index (χ2n) is 8.20. The van der Waals surface area contributed by atoms with Gasteiger partial charge in [-0.05, 0) is 48.4 Å². The number of benzene rings is 2. The second kappa shape index (κ2) is 11.3. The Labute approximate surface area is 197 Å². The van der Waals surface area contributed by atoms with Gasteiger partial charge in [-0.25, -0.2) is 9.38 Å². The van der Waals surface area contributed by atoms with E-state index in [0.29, 0.717) is 54.7 Å². The maximum Gasteiger partial charge on any atom is 0.249 e. The largest absolute Gasteiger partial charge is 0.497 e. The zero-order chi connectivity index (χ0) is 23.9. The molecule has 1 amide bonds. The van der Waals surface area contributed by atoms with Gasteiger partial charge in [0, 0.05) is 19.6 Å². The molecule has 1 N–H and O–H groups in total. The average Bonchev–Trinajstić information content (AvgIpc) is 3.27. The van der Waals surface area contributed by atoms with E-state index in [-0.39, 0.29) is 31.8 Å². The van der Waals surface area contributed by atoms with E-state index >= 15 is 0 Å². The maximum atomic E-state index is 13.7. The number of aliphatic hydroxyl groups excluding tert-OH is 1. The predicted molar refractivity (Wildman–Crippen MR) is 124 cm³/mol. The van der Waals surface area contributed by atoms with E-state index in [1.807, 2.05) is 4.90 Å². The molecule has 8 nitrogen and oxygen atoms in total. The van der Waals surface area contributed by atoms with E-state index in [1.54, 1.807) is 49.6 Å². The Morgan fingerprint density at radius 1 is 1.18 bits per heavy atom. The lowest BCUT2D eigenvalue weighted by Crippen LogP contribution is -2.32. The van der Waals surface area contributed by atoms with E-state index in [1.165, 1.54) is 0 Å². The molecule has 0 saturated carbocycles. The number of carbonyl (C=O) groups excluding carboxylic acids is 1. The van der Waals surface area contributed by atoms with Gasteiger partial charge >= 0.3 is 0 Å². The Hall–Kier alpha value is -3.17. The number of nitrogens with zero attached hydrogens (tertiary/aromatic N) is 2. The summed E-state index contributed by atoms with van der Waals surface area (Å²) in [4.78, 5) is 18.7. The van der Waals surface area contributed by atoms with Crippen molar-refractivity contribution < 1.29 is 33.2 Å². The SMILES string of the molecule is COc1ccc(OCCC(=O)N=C(CN2CC[C@@H](F)C2)[C@H](O)c2ccc3c(c2)OCCO3)cc1. The molecule has 2 aliphatic rings. The van der Waals surface area contributed by atoms with Crippen LogP contribution in [-0.2, 0) is 4.79 Å². The lowest BCUT2D eigenvalue weighted by molar-refractivity contribution is -0.118. The molecule has 1 fully saturated rings. The molecule has 182 valence electrons. The summed E-state index contributed by atoms with van der Waals surface area (Å²) in [6.45, 7) is 2.02. The van der Waals surface area contributed by atoms with Gasteiger partial charge in [0.2, 0.25) is 5.91 Å². The number of fused-ring (bicyclic) bond motifs is 1. The number of aliphatic imine (C=N–C) groups is 1. The summed E-state index contributed by atoms with van der Waals surface area (Å²) in [6, 6.07) is 12.2. The standard InChI is InChI=1S/C25H29FN2O6/c1-31-19-3-5-20(6-4-19)32-11-9-24(29)27-21(16-28-10-8-18(26)15-28)25(30)17-2-7-22-23(14-17)34-13-12-33-22/h2-7,14,18,25,30H,8-13,15-16H2,1H3/t18-,25-/m1/s1. The van der Waals surface area contributed by atoms with Crippen molar-refractivity contribution in [2.75, 3.05) is 46.6 Å². The lowest BCUT2D eigenvalue weighted by Gasteiger charge is -2.23. The third kappa shape index (κ3) is 6.24. The molecule has 4 rings (SSSR count). The molecule has 34 heavy (non-hydrogen) atoms. The molecule has 0 aromatic heterocycles. The summed E-state index contributed by atoms with van der Waals surface area (Å²) >= 11 is 0. The van der Waals surface area contributed by atoms with Gasteiger partial charge < -0.3 is 24.1 Å². The third-order valence-electron chi connectivity index (χ3n) is 5.71. The minimum Gasteiger partial charge on any atom is -0.497 e. The zero-order valence-corrected chi connectivity index (χ0v) is 19.1. The molecular weight excluding hydrogens is 443 g/mol. The van der Waals surface area contributed by atoms with Crippen molar-refractivity contribution >= 4 is 11.6 Å². The number of hydrogen-bond donors (Lipinski definition) is 1. The molecule has 2 heterocycles. The van der Waals surface area contributed by atoms with E-state index in [4.69, 9.17) is 18.9 Å². The van der Waals surface area contributed by atoms with Crippen molar-refractivity contribution in [3.8, 4) is 23.0 Å². The van der Waals surface area contributed by atoms with Gasteiger partial charge in [-0.3, -0.25) is 9.69 Å². The van der Waals surface area contributed by atoms with E-state index in [9.17, 15) is 14.3 Å². The highest BCUT2D eigenvalue weighted by atomic mass is 19.1. The van der Waals surface area contributed by atoms with Crippen LogP contribution in [0.4, 0.5) is 4.39 Å². The number of ether oxygens (including phenoxy) is 4. The molecule has 0 unspecified atom stereocenters. The first-order valence-electron chi connectivity index (χ1n) is 11.3. The van der Waals surface area contributed by atoms with Crippen LogP contribution in [0.2, 0.25) is 0 Å². The quantitative estimate of drug-likeness (QED) is 0.561. The summed E-state index contributed by atoms with van der Waals surface area (Å²) in [7, 11) is 1.58. The summed E-state index contributed by atoms with van der Waals surface area (Å²) < 4.78 is 35.6. The predicted octanol–water partition coefficient (Wildman–Crippen LogP) is 2.98.